The molecular formula is C18H21FN2O. The molecule has 0 bridgehead atoms. The van der Waals surface area contributed by atoms with E-state index in [1.165, 1.54) is 31.4 Å². The van der Waals surface area contributed by atoms with Gasteiger partial charge in [-0.3, -0.25) is 4.79 Å². The molecule has 22 heavy (non-hydrogen) atoms. The van der Waals surface area contributed by atoms with Crippen molar-refractivity contribution < 1.29 is 4.39 Å². The second-order valence-electron chi connectivity index (χ2n) is 6.00. The summed E-state index contributed by atoms with van der Waals surface area (Å²) in [5.41, 5.74) is 7.53. The molecule has 0 spiro atoms. The predicted molar refractivity (Wildman–Crippen MR) is 85.3 cm³/mol. The molecule has 1 saturated carbocycles. The molecule has 0 amide bonds. The molecule has 2 N–H and O–H groups in total. The number of rotatable bonds is 3. The smallest absolute Gasteiger partial charge is 0.255 e. The summed E-state index contributed by atoms with van der Waals surface area (Å²) in [6.07, 6.45) is 7.56. The molecule has 1 heterocycles. The summed E-state index contributed by atoms with van der Waals surface area (Å²) < 4.78 is 14.9. The Morgan fingerprint density at radius 3 is 2.45 bits per heavy atom. The quantitative estimate of drug-likeness (QED) is 0.942. The fourth-order valence-corrected chi connectivity index (χ4v) is 3.26. The number of pyridine rings is 1. The standard InChI is InChI=1S/C18H21FN2O/c19-14-10-8-13(9-11-14)17(20)16-7-4-12-21(18(16)22)15-5-2-1-3-6-15/h4,7-12,15,17H,1-3,5-6,20H2. The highest BCUT2D eigenvalue weighted by Gasteiger charge is 2.19. The number of hydrogen-bond donors (Lipinski definition) is 1. The van der Waals surface area contributed by atoms with Gasteiger partial charge in [-0.2, -0.15) is 0 Å². The molecule has 0 radical (unpaired) electrons. The molecule has 2 aromatic rings. The Hall–Kier alpha value is -1.94. The average Bonchev–Trinajstić information content (AvgIpc) is 2.56. The van der Waals surface area contributed by atoms with Crippen molar-refractivity contribution >= 4 is 0 Å². The number of nitrogens with zero attached hydrogens (tertiary/aromatic N) is 1. The lowest BCUT2D eigenvalue weighted by Crippen LogP contribution is -2.31. The van der Waals surface area contributed by atoms with Gasteiger partial charge in [-0.15, -0.1) is 0 Å². The summed E-state index contributed by atoms with van der Waals surface area (Å²) in [6.45, 7) is 0. The van der Waals surface area contributed by atoms with Gasteiger partial charge in [-0.25, -0.2) is 4.39 Å². The number of aromatic nitrogens is 1. The zero-order valence-electron chi connectivity index (χ0n) is 12.5. The minimum absolute atomic E-state index is 0.0220. The minimum Gasteiger partial charge on any atom is -0.320 e. The molecular weight excluding hydrogens is 279 g/mol. The van der Waals surface area contributed by atoms with Crippen molar-refractivity contribution in [1.82, 2.24) is 4.57 Å². The van der Waals surface area contributed by atoms with Gasteiger partial charge >= 0.3 is 0 Å². The normalized spacial score (nSPS) is 17.4. The van der Waals surface area contributed by atoms with E-state index in [0.717, 1.165) is 18.4 Å². The van der Waals surface area contributed by atoms with Crippen LogP contribution in [0.15, 0.2) is 47.4 Å². The summed E-state index contributed by atoms with van der Waals surface area (Å²) in [6, 6.07) is 9.43. The predicted octanol–water partition coefficient (Wildman–Crippen LogP) is 3.54. The lowest BCUT2D eigenvalue weighted by atomic mass is 9.94. The van der Waals surface area contributed by atoms with Crippen LogP contribution >= 0.6 is 0 Å². The summed E-state index contributed by atoms with van der Waals surface area (Å²) in [5.74, 6) is -0.302. The Labute approximate surface area is 129 Å². The molecule has 1 fully saturated rings. The van der Waals surface area contributed by atoms with Crippen LogP contribution < -0.4 is 11.3 Å². The third-order valence-corrected chi connectivity index (χ3v) is 4.54. The van der Waals surface area contributed by atoms with Crippen LogP contribution in [0, 0.1) is 5.82 Å². The maximum absolute atomic E-state index is 13.0. The van der Waals surface area contributed by atoms with E-state index >= 15 is 0 Å². The first kappa shape index (κ1) is 15.0. The molecule has 3 rings (SSSR count). The molecule has 4 heteroatoms. The van der Waals surface area contributed by atoms with Crippen molar-refractivity contribution in [3.05, 3.63) is 69.9 Å². The maximum atomic E-state index is 13.0. The fraction of sp³-hybridized carbons (Fsp3) is 0.389. The number of halogens is 1. The Morgan fingerprint density at radius 2 is 1.77 bits per heavy atom. The van der Waals surface area contributed by atoms with Gasteiger partial charge in [0, 0.05) is 17.8 Å². The fourth-order valence-electron chi connectivity index (χ4n) is 3.26. The van der Waals surface area contributed by atoms with E-state index in [-0.39, 0.29) is 17.4 Å². The molecule has 1 aliphatic rings. The van der Waals surface area contributed by atoms with Crippen molar-refractivity contribution in [3.63, 3.8) is 0 Å². The first-order valence-electron chi connectivity index (χ1n) is 7.89. The molecule has 3 nitrogen and oxygen atoms in total. The first-order valence-corrected chi connectivity index (χ1v) is 7.89. The van der Waals surface area contributed by atoms with E-state index in [0.29, 0.717) is 5.56 Å². The van der Waals surface area contributed by atoms with Crippen LogP contribution in [0.1, 0.15) is 55.3 Å². The number of benzene rings is 1. The molecule has 1 atom stereocenters. The van der Waals surface area contributed by atoms with Crippen LogP contribution in [-0.2, 0) is 0 Å². The highest BCUT2D eigenvalue weighted by molar-refractivity contribution is 5.30. The van der Waals surface area contributed by atoms with Gasteiger partial charge < -0.3 is 10.3 Å². The summed E-state index contributed by atoms with van der Waals surface area (Å²) in [7, 11) is 0. The molecule has 0 saturated heterocycles. The topological polar surface area (TPSA) is 48.0 Å². The van der Waals surface area contributed by atoms with Crippen molar-refractivity contribution in [3.8, 4) is 0 Å². The van der Waals surface area contributed by atoms with Gasteiger partial charge in [0.1, 0.15) is 5.82 Å². The third kappa shape index (κ3) is 2.97. The van der Waals surface area contributed by atoms with Gasteiger partial charge in [0.05, 0.1) is 6.04 Å². The van der Waals surface area contributed by atoms with E-state index < -0.39 is 6.04 Å². The average molecular weight is 300 g/mol. The van der Waals surface area contributed by atoms with Crippen LogP contribution in [0.4, 0.5) is 4.39 Å². The molecule has 1 aromatic carbocycles. The maximum Gasteiger partial charge on any atom is 0.255 e. The Balaban J connectivity index is 1.93. The van der Waals surface area contributed by atoms with Crippen molar-refractivity contribution in [2.45, 2.75) is 44.2 Å². The highest BCUT2D eigenvalue weighted by Crippen LogP contribution is 2.27. The molecule has 1 unspecified atom stereocenters. The van der Waals surface area contributed by atoms with Gasteiger partial charge in [0.25, 0.3) is 5.56 Å². The SMILES string of the molecule is NC(c1ccc(F)cc1)c1cccn(C2CCCCC2)c1=O. The lowest BCUT2D eigenvalue weighted by molar-refractivity contribution is 0.345. The van der Waals surface area contributed by atoms with E-state index in [2.05, 4.69) is 0 Å². The van der Waals surface area contributed by atoms with Crippen LogP contribution in [0.5, 0.6) is 0 Å². The first-order chi connectivity index (χ1) is 10.7. The van der Waals surface area contributed by atoms with Gasteiger partial charge in [0.15, 0.2) is 0 Å². The van der Waals surface area contributed by atoms with Crippen molar-refractivity contribution in [2.24, 2.45) is 5.73 Å². The van der Waals surface area contributed by atoms with E-state index in [9.17, 15) is 9.18 Å². The van der Waals surface area contributed by atoms with Gasteiger partial charge in [-0.1, -0.05) is 37.5 Å². The number of hydrogen-bond acceptors (Lipinski definition) is 2. The largest absolute Gasteiger partial charge is 0.320 e. The minimum atomic E-state index is -0.524. The van der Waals surface area contributed by atoms with E-state index in [4.69, 9.17) is 5.73 Å². The van der Waals surface area contributed by atoms with Crippen LogP contribution in [0.25, 0.3) is 0 Å². The van der Waals surface area contributed by atoms with Gasteiger partial charge in [-0.05, 0) is 36.6 Å². The molecule has 0 aliphatic heterocycles. The second-order valence-corrected chi connectivity index (χ2v) is 6.00. The third-order valence-electron chi connectivity index (χ3n) is 4.54. The zero-order valence-corrected chi connectivity index (χ0v) is 12.5. The van der Waals surface area contributed by atoms with Crippen molar-refractivity contribution in [2.75, 3.05) is 0 Å². The summed E-state index contributed by atoms with van der Waals surface area (Å²) in [4.78, 5) is 12.8. The van der Waals surface area contributed by atoms with E-state index in [1.807, 2.05) is 16.8 Å². The summed E-state index contributed by atoms with van der Waals surface area (Å²) >= 11 is 0. The monoisotopic (exact) mass is 300 g/mol. The Morgan fingerprint density at radius 1 is 1.09 bits per heavy atom. The zero-order chi connectivity index (χ0) is 15.5. The molecule has 1 aliphatic carbocycles. The number of nitrogens with two attached hydrogens (primary N) is 1. The molecule has 1 aromatic heterocycles. The van der Waals surface area contributed by atoms with Crippen LogP contribution in [0.2, 0.25) is 0 Å². The lowest BCUT2D eigenvalue weighted by Gasteiger charge is -2.25. The van der Waals surface area contributed by atoms with Crippen molar-refractivity contribution in [1.29, 1.82) is 0 Å². The molecule has 116 valence electrons. The Kier molecular flexibility index (Phi) is 4.39. The summed E-state index contributed by atoms with van der Waals surface area (Å²) in [5, 5.41) is 0. The second kappa shape index (κ2) is 6.44. The van der Waals surface area contributed by atoms with Crippen LogP contribution in [0.3, 0.4) is 0 Å². The van der Waals surface area contributed by atoms with Crippen LogP contribution in [-0.4, -0.2) is 4.57 Å². The Bertz CT molecular complexity index is 687. The highest BCUT2D eigenvalue weighted by atomic mass is 19.1. The van der Waals surface area contributed by atoms with Gasteiger partial charge in [0.2, 0.25) is 0 Å². The van der Waals surface area contributed by atoms with E-state index in [1.54, 1.807) is 18.2 Å².